The molecule has 0 radical (unpaired) electrons. The minimum Gasteiger partial charge on any atom is -0.462 e. The molecule has 0 aromatic rings. The number of aldehydes is 1. The van der Waals surface area contributed by atoms with Crippen molar-refractivity contribution in [3.8, 4) is 0 Å². The summed E-state index contributed by atoms with van der Waals surface area (Å²) in [6.07, 6.45) is 82.8. The standard InChI is InChI=1S/C83H144O17P2/c1-4-7-10-13-16-19-22-25-27-29-33-38-43-48-53-58-63-68-82(87)99-79(74-93-71-66-61-56-51-46-41-36-32-31-35-40-45-50-55-60-65-70-84)76-97-101(89,90)95-72-78(85)73-96-102(91,92)98-77-80(75-94-81(86)67-62-57-52-47-42-37-24-21-18-15-12-9-6-3)100-83(88)69-64-59-54-49-44-39-34-30-28-26-23-20-17-14-11-8-5-2/h16-17,19-20,25-28,31,33-35,38-39,48-49,53-54,70,78-80,85H,4-15,18,21-24,29-30,32,36-37,40-47,50-52,55-69,71-77H2,1-3H3,(H,89,90)(H,91,92)/b19-16-,20-17-,27-25-,28-26-,35-31-,38-33-,39-34-,53-48-,54-49-/t78-,79-,80-/m1/s1. The summed E-state index contributed by atoms with van der Waals surface area (Å²) >= 11 is 0. The molecule has 17 nitrogen and oxygen atoms in total. The number of unbranched alkanes of at least 4 members (excludes halogenated alkanes) is 32. The topological polar surface area (TPSA) is 237 Å². The summed E-state index contributed by atoms with van der Waals surface area (Å²) in [5.41, 5.74) is 0. The Hall–Kier alpha value is -4.12. The second kappa shape index (κ2) is 76.5. The molecule has 102 heavy (non-hydrogen) atoms. The van der Waals surface area contributed by atoms with Crippen LogP contribution in [-0.4, -0.2) is 104 Å². The van der Waals surface area contributed by atoms with Crippen LogP contribution in [0.5, 0.6) is 0 Å². The van der Waals surface area contributed by atoms with E-state index in [1.54, 1.807) is 0 Å². The molecule has 0 amide bonds. The molecule has 0 aliphatic heterocycles. The summed E-state index contributed by atoms with van der Waals surface area (Å²) in [4.78, 5) is 70.6. The molecule has 5 atom stereocenters. The highest BCUT2D eigenvalue weighted by Crippen LogP contribution is 2.45. The van der Waals surface area contributed by atoms with E-state index in [4.69, 9.17) is 37.0 Å². The van der Waals surface area contributed by atoms with E-state index >= 15 is 0 Å². The largest absolute Gasteiger partial charge is 0.472 e. The van der Waals surface area contributed by atoms with Gasteiger partial charge in [0.1, 0.15) is 25.1 Å². The normalized spacial score (nSPS) is 14.5. The number of allylic oxidation sites excluding steroid dienone is 18. The Morgan fingerprint density at radius 3 is 0.971 bits per heavy atom. The lowest BCUT2D eigenvalue weighted by Crippen LogP contribution is -2.30. The van der Waals surface area contributed by atoms with E-state index in [0.717, 1.165) is 141 Å². The van der Waals surface area contributed by atoms with Crippen LogP contribution >= 0.6 is 15.6 Å². The van der Waals surface area contributed by atoms with E-state index < -0.39 is 84.9 Å². The molecule has 0 rings (SSSR count). The number of phosphoric ester groups is 2. The molecule has 0 spiro atoms. The first-order valence-electron chi connectivity index (χ1n) is 40.1. The molecule has 19 heteroatoms. The maximum Gasteiger partial charge on any atom is 0.472 e. The average molecular weight is 1480 g/mol. The van der Waals surface area contributed by atoms with Crippen LogP contribution in [0.2, 0.25) is 0 Å². The quantitative estimate of drug-likeness (QED) is 0.0128. The van der Waals surface area contributed by atoms with Crippen LogP contribution in [0.15, 0.2) is 109 Å². The third-order valence-corrected chi connectivity index (χ3v) is 18.6. The van der Waals surface area contributed by atoms with Crippen LogP contribution in [0.25, 0.3) is 0 Å². The molecule has 0 aliphatic rings. The number of hydrogen-bond donors (Lipinski definition) is 3. The average Bonchev–Trinajstić information content (AvgIpc) is 0.932. The van der Waals surface area contributed by atoms with E-state index in [1.165, 1.54) is 116 Å². The Kier molecular flexibility index (Phi) is 73.4. The van der Waals surface area contributed by atoms with Crippen molar-refractivity contribution in [2.75, 3.05) is 46.2 Å². The summed E-state index contributed by atoms with van der Waals surface area (Å²) in [7, 11) is -9.87. The molecule has 0 fully saturated rings. The SMILES string of the molecule is CCCCC/C=C\C/C=C\C/C=C\C/C=C\CCCC(=O)O[C@H](COCCCCCCCCC/C=C\CCCCCCC=O)COP(=O)(O)OC[C@@H](O)COP(=O)(O)OC[C@@H](COC(=O)CCCCCCCCCCCCCCC)OC(=O)CCC/C=C\C/C=C\C/C=C\C/C=C\CCCCC. The summed E-state index contributed by atoms with van der Waals surface area (Å²) in [6.45, 7) is 3.48. The van der Waals surface area contributed by atoms with Gasteiger partial charge in [-0.05, 0) is 135 Å². The predicted octanol–water partition coefficient (Wildman–Crippen LogP) is 23.0. The number of ether oxygens (including phenoxy) is 4. The van der Waals surface area contributed by atoms with Crippen LogP contribution in [0.1, 0.15) is 329 Å². The van der Waals surface area contributed by atoms with Crippen molar-refractivity contribution in [3.05, 3.63) is 109 Å². The van der Waals surface area contributed by atoms with Crippen molar-refractivity contribution < 1.29 is 80.2 Å². The number of carbonyl (C=O) groups is 4. The maximum atomic E-state index is 13.1. The molecule has 0 saturated heterocycles. The first-order chi connectivity index (χ1) is 49.8. The summed E-state index contributed by atoms with van der Waals surface area (Å²) in [5.74, 6) is -1.65. The van der Waals surface area contributed by atoms with Gasteiger partial charge in [0.25, 0.3) is 0 Å². The van der Waals surface area contributed by atoms with Crippen LogP contribution in [0.4, 0.5) is 0 Å². The number of aliphatic hydroxyl groups excluding tert-OH is 1. The van der Waals surface area contributed by atoms with E-state index in [2.05, 4.69) is 112 Å². The van der Waals surface area contributed by atoms with Crippen molar-refractivity contribution >= 4 is 39.8 Å². The maximum absolute atomic E-state index is 13.1. The monoisotopic (exact) mass is 1470 g/mol. The molecule has 0 aromatic heterocycles. The number of esters is 3. The fourth-order valence-corrected chi connectivity index (χ4v) is 12.2. The van der Waals surface area contributed by atoms with Gasteiger partial charge in [-0.3, -0.25) is 32.5 Å². The second-order valence-corrected chi connectivity index (χ2v) is 29.5. The lowest BCUT2D eigenvalue weighted by atomic mass is 10.0. The number of aliphatic hydroxyl groups is 1. The predicted molar refractivity (Wildman–Crippen MR) is 418 cm³/mol. The van der Waals surface area contributed by atoms with Gasteiger partial charge in [0.15, 0.2) is 6.10 Å². The van der Waals surface area contributed by atoms with Crippen molar-refractivity contribution in [2.45, 2.75) is 347 Å². The molecule has 2 unspecified atom stereocenters. The highest BCUT2D eigenvalue weighted by Gasteiger charge is 2.30. The molecule has 0 bridgehead atoms. The summed E-state index contributed by atoms with van der Waals surface area (Å²) in [6, 6.07) is 0. The Labute approximate surface area is 619 Å². The summed E-state index contributed by atoms with van der Waals surface area (Å²) in [5, 5.41) is 10.6. The van der Waals surface area contributed by atoms with Crippen molar-refractivity contribution in [1.29, 1.82) is 0 Å². The number of carbonyl (C=O) groups excluding carboxylic acids is 4. The van der Waals surface area contributed by atoms with Crippen LogP contribution in [-0.2, 0) is 65.4 Å². The minimum absolute atomic E-state index is 0.0288. The third kappa shape index (κ3) is 75.6. The number of rotatable bonds is 77. The fourth-order valence-electron chi connectivity index (χ4n) is 10.6. The minimum atomic E-state index is -4.97. The Morgan fingerprint density at radius 1 is 0.314 bits per heavy atom. The Morgan fingerprint density at radius 2 is 0.588 bits per heavy atom. The second-order valence-electron chi connectivity index (χ2n) is 26.6. The van der Waals surface area contributed by atoms with Gasteiger partial charge in [0.05, 0.1) is 33.0 Å². The zero-order valence-electron chi connectivity index (χ0n) is 64.0. The number of phosphoric acid groups is 2. The smallest absolute Gasteiger partial charge is 0.462 e. The van der Waals surface area contributed by atoms with E-state index in [0.29, 0.717) is 45.1 Å². The highest BCUT2D eigenvalue weighted by molar-refractivity contribution is 7.47. The van der Waals surface area contributed by atoms with Gasteiger partial charge in [-0.2, -0.15) is 0 Å². The molecular formula is C83H144O17P2. The van der Waals surface area contributed by atoms with Gasteiger partial charge in [-0.15, -0.1) is 0 Å². The van der Waals surface area contributed by atoms with Crippen molar-refractivity contribution in [3.63, 3.8) is 0 Å². The van der Waals surface area contributed by atoms with E-state index in [9.17, 15) is 43.2 Å². The molecule has 0 heterocycles. The first kappa shape index (κ1) is 97.9. The molecular weight excluding hydrogens is 1330 g/mol. The lowest BCUT2D eigenvalue weighted by Gasteiger charge is -2.21. The van der Waals surface area contributed by atoms with Gasteiger partial charge in [-0.1, -0.05) is 278 Å². The van der Waals surface area contributed by atoms with Gasteiger partial charge in [0.2, 0.25) is 0 Å². The molecule has 588 valence electrons. The molecule has 0 saturated carbocycles. The third-order valence-electron chi connectivity index (χ3n) is 16.7. The molecule has 3 N–H and O–H groups in total. The van der Waals surface area contributed by atoms with Gasteiger partial charge in [-0.25, -0.2) is 9.13 Å². The zero-order valence-corrected chi connectivity index (χ0v) is 65.8. The van der Waals surface area contributed by atoms with Crippen LogP contribution in [0.3, 0.4) is 0 Å². The lowest BCUT2D eigenvalue weighted by molar-refractivity contribution is -0.161. The van der Waals surface area contributed by atoms with Gasteiger partial charge >= 0.3 is 33.6 Å². The zero-order chi connectivity index (χ0) is 74.4. The number of hydrogen-bond acceptors (Lipinski definition) is 15. The van der Waals surface area contributed by atoms with Crippen LogP contribution in [0, 0.1) is 0 Å². The van der Waals surface area contributed by atoms with E-state index in [-0.39, 0.29) is 25.9 Å². The fraction of sp³-hybridized carbons (Fsp3) is 0.735. The Bertz CT molecular complexity index is 2330. The molecule has 0 aromatic carbocycles. The van der Waals surface area contributed by atoms with Crippen LogP contribution < -0.4 is 0 Å². The first-order valence-corrected chi connectivity index (χ1v) is 43.1. The highest BCUT2D eigenvalue weighted by atomic mass is 31.2. The Balaban J connectivity index is 5.38. The van der Waals surface area contributed by atoms with Gasteiger partial charge < -0.3 is 38.6 Å². The van der Waals surface area contributed by atoms with Crippen molar-refractivity contribution in [1.82, 2.24) is 0 Å². The summed E-state index contributed by atoms with van der Waals surface area (Å²) < 4.78 is 69.2. The van der Waals surface area contributed by atoms with E-state index in [1.807, 2.05) is 18.2 Å². The van der Waals surface area contributed by atoms with Gasteiger partial charge in [0, 0.05) is 32.3 Å². The van der Waals surface area contributed by atoms with Crippen molar-refractivity contribution in [2.24, 2.45) is 0 Å². The molecule has 0 aliphatic carbocycles.